The van der Waals surface area contributed by atoms with E-state index >= 15 is 0 Å². The Balaban J connectivity index is 1.84. The number of aryl methyl sites for hydroxylation is 2. The molecule has 2 heterocycles. The molecule has 1 aromatic heterocycles. The second kappa shape index (κ2) is 6.15. The lowest BCUT2D eigenvalue weighted by Crippen LogP contribution is -2.42. The Labute approximate surface area is 125 Å². The average Bonchev–Trinajstić information content (AvgIpc) is 2.73. The Morgan fingerprint density at radius 3 is 2.52 bits per heavy atom. The number of carbonyl (C=O) groups excluding carboxylic acids is 1. The van der Waals surface area contributed by atoms with Gasteiger partial charge < -0.3 is 5.32 Å². The first kappa shape index (κ1) is 16.0. The molecule has 0 saturated carbocycles. The smallest absolute Gasteiger partial charge is 0.223 e. The van der Waals surface area contributed by atoms with Crippen LogP contribution in [0.1, 0.15) is 24.2 Å². The van der Waals surface area contributed by atoms with Crippen molar-refractivity contribution in [2.75, 3.05) is 19.3 Å². The third-order valence-corrected chi connectivity index (χ3v) is 5.14. The Morgan fingerprint density at radius 1 is 1.43 bits per heavy atom. The van der Waals surface area contributed by atoms with Crippen molar-refractivity contribution in [3.05, 3.63) is 17.5 Å². The predicted octanol–water partition coefficient (Wildman–Crippen LogP) is 0.0163. The lowest BCUT2D eigenvalue weighted by molar-refractivity contribution is -0.126. The minimum Gasteiger partial charge on any atom is -0.350 e. The van der Waals surface area contributed by atoms with E-state index in [-0.39, 0.29) is 11.8 Å². The van der Waals surface area contributed by atoms with Crippen LogP contribution in [0.15, 0.2) is 6.07 Å². The van der Waals surface area contributed by atoms with Gasteiger partial charge in [0.1, 0.15) is 0 Å². The van der Waals surface area contributed by atoms with Crippen molar-refractivity contribution >= 4 is 15.9 Å². The molecule has 8 heteroatoms. The molecule has 1 aromatic rings. The molecule has 7 nitrogen and oxygen atoms in total. The molecule has 0 spiro atoms. The van der Waals surface area contributed by atoms with Crippen LogP contribution in [0.2, 0.25) is 0 Å². The SMILES string of the molecule is Cc1cc(CNC(=O)C2CCN(S(C)(=O)=O)CC2)n(C)n1. The first-order valence-electron chi connectivity index (χ1n) is 6.99. The number of sulfonamides is 1. The van der Waals surface area contributed by atoms with Gasteiger partial charge in [-0.1, -0.05) is 0 Å². The number of hydrogen-bond donors (Lipinski definition) is 1. The predicted molar refractivity (Wildman–Crippen MR) is 78.9 cm³/mol. The number of hydrogen-bond acceptors (Lipinski definition) is 4. The van der Waals surface area contributed by atoms with Crippen molar-refractivity contribution in [2.24, 2.45) is 13.0 Å². The first-order chi connectivity index (χ1) is 9.77. The summed E-state index contributed by atoms with van der Waals surface area (Å²) >= 11 is 0. The van der Waals surface area contributed by atoms with Gasteiger partial charge in [0.15, 0.2) is 0 Å². The zero-order valence-electron chi connectivity index (χ0n) is 12.7. The van der Waals surface area contributed by atoms with Gasteiger partial charge in [0.2, 0.25) is 15.9 Å². The van der Waals surface area contributed by atoms with Crippen molar-refractivity contribution in [2.45, 2.75) is 26.3 Å². The molecule has 0 atom stereocenters. The molecule has 0 aromatic carbocycles. The van der Waals surface area contributed by atoms with E-state index in [9.17, 15) is 13.2 Å². The van der Waals surface area contributed by atoms with E-state index in [1.54, 1.807) is 4.68 Å². The molecule has 0 unspecified atom stereocenters. The molecular formula is C13H22N4O3S. The fourth-order valence-electron chi connectivity index (χ4n) is 2.60. The molecular weight excluding hydrogens is 292 g/mol. The normalized spacial score (nSPS) is 17.9. The highest BCUT2D eigenvalue weighted by molar-refractivity contribution is 7.88. The maximum atomic E-state index is 12.1. The Hall–Kier alpha value is -1.41. The molecule has 1 amide bonds. The van der Waals surface area contributed by atoms with Gasteiger partial charge >= 0.3 is 0 Å². The maximum absolute atomic E-state index is 12.1. The molecule has 0 aliphatic carbocycles. The third-order valence-electron chi connectivity index (χ3n) is 3.84. The van der Waals surface area contributed by atoms with Gasteiger partial charge in [-0.3, -0.25) is 9.48 Å². The number of piperidine rings is 1. The van der Waals surface area contributed by atoms with Crippen LogP contribution < -0.4 is 5.32 Å². The van der Waals surface area contributed by atoms with Crippen LogP contribution in [0.4, 0.5) is 0 Å². The summed E-state index contributed by atoms with van der Waals surface area (Å²) in [6.45, 7) is 3.19. The van der Waals surface area contributed by atoms with Crippen LogP contribution in [0, 0.1) is 12.8 Å². The average molecular weight is 314 g/mol. The Kier molecular flexibility index (Phi) is 4.67. The number of nitrogens with one attached hydrogen (secondary N) is 1. The van der Waals surface area contributed by atoms with Crippen LogP contribution in [0.25, 0.3) is 0 Å². The van der Waals surface area contributed by atoms with E-state index in [4.69, 9.17) is 0 Å². The maximum Gasteiger partial charge on any atom is 0.223 e. The quantitative estimate of drug-likeness (QED) is 0.849. The molecule has 21 heavy (non-hydrogen) atoms. The minimum atomic E-state index is -3.14. The van der Waals surface area contributed by atoms with Crippen molar-refractivity contribution in [3.8, 4) is 0 Å². The van der Waals surface area contributed by atoms with Crippen LogP contribution in [0.5, 0.6) is 0 Å². The molecule has 2 rings (SSSR count). The monoisotopic (exact) mass is 314 g/mol. The van der Waals surface area contributed by atoms with Gasteiger partial charge in [-0.2, -0.15) is 5.10 Å². The van der Waals surface area contributed by atoms with E-state index in [0.29, 0.717) is 32.5 Å². The summed E-state index contributed by atoms with van der Waals surface area (Å²) in [5.41, 5.74) is 1.87. The van der Waals surface area contributed by atoms with Gasteiger partial charge in [0.25, 0.3) is 0 Å². The minimum absolute atomic E-state index is 0.0120. The third kappa shape index (κ3) is 4.04. The molecule has 118 valence electrons. The second-order valence-corrected chi connectivity index (χ2v) is 7.54. The topological polar surface area (TPSA) is 84.3 Å². The van der Waals surface area contributed by atoms with Gasteiger partial charge in [0.05, 0.1) is 24.2 Å². The molecule has 1 saturated heterocycles. The second-order valence-electron chi connectivity index (χ2n) is 5.55. The van der Waals surface area contributed by atoms with Crippen LogP contribution in [-0.2, 0) is 28.4 Å². The highest BCUT2D eigenvalue weighted by Crippen LogP contribution is 2.19. The van der Waals surface area contributed by atoms with Crippen molar-refractivity contribution in [3.63, 3.8) is 0 Å². The van der Waals surface area contributed by atoms with Gasteiger partial charge in [-0.05, 0) is 25.8 Å². The highest BCUT2D eigenvalue weighted by atomic mass is 32.2. The summed E-state index contributed by atoms with van der Waals surface area (Å²) in [5, 5.41) is 7.14. The van der Waals surface area contributed by atoms with E-state index in [1.807, 2.05) is 20.0 Å². The fourth-order valence-corrected chi connectivity index (χ4v) is 3.48. The van der Waals surface area contributed by atoms with Gasteiger partial charge in [0, 0.05) is 26.1 Å². The summed E-state index contributed by atoms with van der Waals surface area (Å²) < 4.78 is 26.0. The lowest BCUT2D eigenvalue weighted by Gasteiger charge is -2.29. The number of amides is 1. The summed E-state index contributed by atoms with van der Waals surface area (Å²) in [7, 11) is -1.30. The largest absolute Gasteiger partial charge is 0.350 e. The van der Waals surface area contributed by atoms with E-state index in [0.717, 1.165) is 11.4 Å². The highest BCUT2D eigenvalue weighted by Gasteiger charge is 2.28. The Morgan fingerprint density at radius 2 is 2.05 bits per heavy atom. The van der Waals surface area contributed by atoms with Crippen molar-refractivity contribution in [1.29, 1.82) is 0 Å². The van der Waals surface area contributed by atoms with Crippen molar-refractivity contribution < 1.29 is 13.2 Å². The Bertz CT molecular complexity index is 615. The number of aromatic nitrogens is 2. The number of rotatable bonds is 4. The standard InChI is InChI=1S/C13H22N4O3S/c1-10-8-12(16(2)15-10)9-14-13(18)11-4-6-17(7-5-11)21(3,19)20/h8,11H,4-7,9H2,1-3H3,(H,14,18). The van der Waals surface area contributed by atoms with Gasteiger partial charge in [-0.25, -0.2) is 12.7 Å². The van der Waals surface area contributed by atoms with E-state index < -0.39 is 10.0 Å². The molecule has 1 aliphatic heterocycles. The molecule has 1 aliphatic rings. The zero-order valence-corrected chi connectivity index (χ0v) is 13.5. The molecule has 0 radical (unpaired) electrons. The first-order valence-corrected chi connectivity index (χ1v) is 8.84. The van der Waals surface area contributed by atoms with Crippen LogP contribution in [-0.4, -0.2) is 47.8 Å². The summed E-state index contributed by atoms with van der Waals surface area (Å²) in [5.74, 6) is -0.126. The fraction of sp³-hybridized carbons (Fsp3) is 0.692. The summed E-state index contributed by atoms with van der Waals surface area (Å²) in [6, 6.07) is 1.94. The van der Waals surface area contributed by atoms with Gasteiger partial charge in [-0.15, -0.1) is 0 Å². The van der Waals surface area contributed by atoms with E-state index in [2.05, 4.69) is 10.4 Å². The summed E-state index contributed by atoms with van der Waals surface area (Å²) in [6.07, 6.45) is 2.35. The number of carbonyl (C=O) groups is 1. The number of nitrogens with zero attached hydrogens (tertiary/aromatic N) is 3. The molecule has 1 N–H and O–H groups in total. The summed E-state index contributed by atoms with van der Waals surface area (Å²) in [4.78, 5) is 12.1. The van der Waals surface area contributed by atoms with Crippen LogP contribution in [0.3, 0.4) is 0 Å². The molecule has 1 fully saturated rings. The van der Waals surface area contributed by atoms with E-state index in [1.165, 1.54) is 10.6 Å². The van der Waals surface area contributed by atoms with Crippen LogP contribution >= 0.6 is 0 Å². The molecule has 0 bridgehead atoms. The lowest BCUT2D eigenvalue weighted by atomic mass is 9.97. The zero-order chi connectivity index (χ0) is 15.6. The van der Waals surface area contributed by atoms with Crippen molar-refractivity contribution in [1.82, 2.24) is 19.4 Å².